The van der Waals surface area contributed by atoms with Crippen molar-refractivity contribution in [2.45, 2.75) is 82.4 Å². The lowest BCUT2D eigenvalue weighted by Crippen LogP contribution is -2.30. The van der Waals surface area contributed by atoms with Crippen molar-refractivity contribution in [3.63, 3.8) is 0 Å². The van der Waals surface area contributed by atoms with E-state index in [0.717, 1.165) is 67.4 Å². The van der Waals surface area contributed by atoms with Crippen LogP contribution in [0.2, 0.25) is 0 Å². The van der Waals surface area contributed by atoms with Crippen molar-refractivity contribution in [1.82, 2.24) is 24.5 Å². The molecule has 1 aromatic carbocycles. The van der Waals surface area contributed by atoms with E-state index in [2.05, 4.69) is 21.9 Å². The van der Waals surface area contributed by atoms with Crippen LogP contribution in [0.5, 0.6) is 0 Å². The molecule has 2 aromatic heterocycles. The monoisotopic (exact) mass is 486 g/mol. The Morgan fingerprint density at radius 2 is 1.85 bits per heavy atom. The van der Waals surface area contributed by atoms with E-state index in [-0.39, 0.29) is 23.1 Å². The highest BCUT2D eigenvalue weighted by Gasteiger charge is 2.26. The molecule has 0 radical (unpaired) electrons. The summed E-state index contributed by atoms with van der Waals surface area (Å²) in [6.07, 6.45) is 6.79. The fraction of sp³-hybridized carbons (Fsp3) is 0.542. The van der Waals surface area contributed by atoms with Gasteiger partial charge in [-0.05, 0) is 58.1 Å². The minimum Gasteiger partial charge on any atom is -0.393 e. The number of aliphatic hydroxyl groups is 1. The van der Waals surface area contributed by atoms with Crippen LogP contribution in [-0.4, -0.2) is 52.0 Å². The molecule has 2 heterocycles. The largest absolute Gasteiger partial charge is 0.393 e. The van der Waals surface area contributed by atoms with Gasteiger partial charge < -0.3 is 10.4 Å². The molecule has 10 heteroatoms. The van der Waals surface area contributed by atoms with E-state index in [9.17, 15) is 13.5 Å². The van der Waals surface area contributed by atoms with Gasteiger partial charge in [0.2, 0.25) is 16.0 Å². The molecule has 1 fully saturated rings. The molecule has 0 amide bonds. The molecule has 1 saturated carbocycles. The summed E-state index contributed by atoms with van der Waals surface area (Å²) in [7, 11) is -3.57. The third kappa shape index (κ3) is 5.39. The Bertz CT molecular complexity index is 1220. The molecule has 4 rings (SSSR count). The van der Waals surface area contributed by atoms with Crippen LogP contribution in [0.15, 0.2) is 35.4 Å². The molecule has 9 nitrogen and oxygen atoms in total. The van der Waals surface area contributed by atoms with Crippen LogP contribution in [0.3, 0.4) is 0 Å². The van der Waals surface area contributed by atoms with Crippen molar-refractivity contribution in [3.8, 4) is 11.3 Å². The maximum absolute atomic E-state index is 12.5. The summed E-state index contributed by atoms with van der Waals surface area (Å²) in [6, 6.07) is 6.72. The maximum Gasteiger partial charge on any atom is 0.240 e. The second kappa shape index (κ2) is 10.4. The molecule has 0 saturated heterocycles. The number of sulfonamides is 1. The number of hydrogen-bond acceptors (Lipinski definition) is 7. The Labute approximate surface area is 201 Å². The summed E-state index contributed by atoms with van der Waals surface area (Å²) in [6.45, 7) is 6.53. The number of nitrogens with zero attached hydrogens (tertiary/aromatic N) is 4. The zero-order valence-electron chi connectivity index (χ0n) is 20.0. The van der Waals surface area contributed by atoms with Gasteiger partial charge in [-0.3, -0.25) is 0 Å². The number of rotatable bonds is 9. The Hall–Kier alpha value is -2.56. The summed E-state index contributed by atoms with van der Waals surface area (Å²) in [5.41, 5.74) is 2.28. The summed E-state index contributed by atoms with van der Waals surface area (Å²) < 4.78 is 29.6. The van der Waals surface area contributed by atoms with Crippen LogP contribution in [0, 0.1) is 0 Å². The standard InChI is InChI=1S/C24H34N6O3S/c1-4-5-14-25-24-26-15-21-22(17-6-12-20(13-7-17)34(32,33)29-16(2)3)28-30(23(21)27-24)18-8-10-19(31)11-9-18/h6-7,12-13,15-16,18-19,29,31H,4-5,8-11,14H2,1-3H3,(H,25,26,27)/t18-,19-. The summed E-state index contributed by atoms with van der Waals surface area (Å²) in [5, 5.41) is 19.0. The molecular formula is C24H34N6O3S. The highest BCUT2D eigenvalue weighted by molar-refractivity contribution is 7.89. The van der Waals surface area contributed by atoms with Crippen LogP contribution in [0.25, 0.3) is 22.3 Å². The Kier molecular flexibility index (Phi) is 7.49. The minimum atomic E-state index is -3.57. The summed E-state index contributed by atoms with van der Waals surface area (Å²) in [4.78, 5) is 9.51. The maximum atomic E-state index is 12.5. The Balaban J connectivity index is 1.72. The van der Waals surface area contributed by atoms with Crippen LogP contribution < -0.4 is 10.0 Å². The first kappa shape index (κ1) is 24.6. The minimum absolute atomic E-state index is 0.146. The van der Waals surface area contributed by atoms with E-state index in [4.69, 9.17) is 10.1 Å². The van der Waals surface area contributed by atoms with E-state index >= 15 is 0 Å². The third-order valence-corrected chi connectivity index (χ3v) is 7.78. The van der Waals surface area contributed by atoms with Crippen molar-refractivity contribution in [2.24, 2.45) is 0 Å². The van der Waals surface area contributed by atoms with Crippen LogP contribution in [0.4, 0.5) is 5.95 Å². The number of unbranched alkanes of at least 4 members (excludes halogenated alkanes) is 1. The third-order valence-electron chi connectivity index (χ3n) is 6.10. The lowest BCUT2D eigenvalue weighted by atomic mass is 9.93. The fourth-order valence-electron chi connectivity index (χ4n) is 4.33. The molecule has 3 aromatic rings. The molecule has 0 atom stereocenters. The normalized spacial score (nSPS) is 19.1. The lowest BCUT2D eigenvalue weighted by Gasteiger charge is -2.25. The highest BCUT2D eigenvalue weighted by Crippen LogP contribution is 2.34. The van der Waals surface area contributed by atoms with Gasteiger partial charge in [-0.25, -0.2) is 22.8 Å². The molecule has 3 N–H and O–H groups in total. The number of nitrogens with one attached hydrogen (secondary N) is 2. The van der Waals surface area contributed by atoms with Crippen molar-refractivity contribution < 1.29 is 13.5 Å². The van der Waals surface area contributed by atoms with Gasteiger partial charge in [-0.2, -0.15) is 10.1 Å². The number of benzene rings is 1. The molecular weight excluding hydrogens is 452 g/mol. The lowest BCUT2D eigenvalue weighted by molar-refractivity contribution is 0.109. The molecule has 0 unspecified atom stereocenters. The predicted molar refractivity (Wildman–Crippen MR) is 133 cm³/mol. The Morgan fingerprint density at radius 1 is 1.15 bits per heavy atom. The molecule has 34 heavy (non-hydrogen) atoms. The van der Waals surface area contributed by atoms with Crippen molar-refractivity contribution in [2.75, 3.05) is 11.9 Å². The first-order chi connectivity index (χ1) is 16.3. The van der Waals surface area contributed by atoms with Gasteiger partial charge in [0.1, 0.15) is 5.69 Å². The van der Waals surface area contributed by atoms with E-state index in [1.54, 1.807) is 44.3 Å². The predicted octanol–water partition coefficient (Wildman–Crippen LogP) is 3.87. The molecule has 0 aliphatic heterocycles. The van der Waals surface area contributed by atoms with E-state index in [1.165, 1.54) is 0 Å². The molecule has 1 aliphatic rings. The van der Waals surface area contributed by atoms with Gasteiger partial charge in [-0.1, -0.05) is 25.5 Å². The molecule has 184 valence electrons. The first-order valence-corrected chi connectivity index (χ1v) is 13.6. The van der Waals surface area contributed by atoms with Gasteiger partial charge >= 0.3 is 0 Å². The molecule has 0 bridgehead atoms. The topological polar surface area (TPSA) is 122 Å². The van der Waals surface area contributed by atoms with Crippen molar-refractivity contribution >= 4 is 27.0 Å². The average Bonchev–Trinajstić information content (AvgIpc) is 3.18. The zero-order chi connectivity index (χ0) is 24.3. The Morgan fingerprint density at radius 3 is 2.50 bits per heavy atom. The summed E-state index contributed by atoms with van der Waals surface area (Å²) >= 11 is 0. The average molecular weight is 487 g/mol. The SMILES string of the molecule is CCCCNc1ncc2c(-c3ccc(S(=O)(=O)NC(C)C)cc3)nn([C@H]3CC[C@H](O)CC3)c2n1. The smallest absolute Gasteiger partial charge is 0.240 e. The highest BCUT2D eigenvalue weighted by atomic mass is 32.2. The molecule has 1 aliphatic carbocycles. The number of anilines is 1. The van der Waals surface area contributed by atoms with Gasteiger partial charge in [-0.15, -0.1) is 0 Å². The summed E-state index contributed by atoms with van der Waals surface area (Å²) in [5.74, 6) is 0.575. The molecule has 0 spiro atoms. The van der Waals surface area contributed by atoms with Crippen LogP contribution in [-0.2, 0) is 10.0 Å². The van der Waals surface area contributed by atoms with Crippen molar-refractivity contribution in [1.29, 1.82) is 0 Å². The zero-order valence-corrected chi connectivity index (χ0v) is 20.8. The number of aliphatic hydroxyl groups excluding tert-OH is 1. The number of fused-ring (bicyclic) bond motifs is 1. The van der Waals surface area contributed by atoms with Crippen LogP contribution >= 0.6 is 0 Å². The van der Waals surface area contributed by atoms with Gasteiger partial charge in [0.15, 0.2) is 5.65 Å². The van der Waals surface area contributed by atoms with Crippen molar-refractivity contribution in [3.05, 3.63) is 30.5 Å². The first-order valence-electron chi connectivity index (χ1n) is 12.1. The second-order valence-corrected chi connectivity index (χ2v) is 11.0. The van der Waals surface area contributed by atoms with Gasteiger partial charge in [0, 0.05) is 24.3 Å². The number of hydrogen-bond donors (Lipinski definition) is 3. The van der Waals surface area contributed by atoms with Crippen LogP contribution in [0.1, 0.15) is 65.3 Å². The van der Waals surface area contributed by atoms with E-state index < -0.39 is 10.0 Å². The van der Waals surface area contributed by atoms with Gasteiger partial charge in [0.25, 0.3) is 0 Å². The van der Waals surface area contributed by atoms with E-state index in [1.807, 2.05) is 4.68 Å². The quantitative estimate of drug-likeness (QED) is 0.393. The number of aromatic nitrogens is 4. The fourth-order valence-corrected chi connectivity index (χ4v) is 5.58. The van der Waals surface area contributed by atoms with E-state index in [0.29, 0.717) is 5.95 Å². The second-order valence-electron chi connectivity index (χ2n) is 9.27. The van der Waals surface area contributed by atoms with Gasteiger partial charge in [0.05, 0.1) is 22.4 Å².